The van der Waals surface area contributed by atoms with E-state index in [1.807, 2.05) is 67.6 Å². The van der Waals surface area contributed by atoms with Gasteiger partial charge in [-0.3, -0.25) is 4.99 Å². The van der Waals surface area contributed by atoms with Crippen LogP contribution >= 0.6 is 11.6 Å². The second-order valence-corrected chi connectivity index (χ2v) is 7.73. The maximum Gasteiger partial charge on any atom is 0.219 e. The highest BCUT2D eigenvalue weighted by Crippen LogP contribution is 2.39. The molecule has 1 atom stereocenters. The van der Waals surface area contributed by atoms with Gasteiger partial charge in [-0.1, -0.05) is 23.7 Å². The van der Waals surface area contributed by atoms with Crippen molar-refractivity contribution < 1.29 is 9.33 Å². The Bertz CT molecular complexity index is 988. The molecule has 0 aromatic heterocycles. The van der Waals surface area contributed by atoms with E-state index in [0.717, 1.165) is 30.0 Å². The van der Waals surface area contributed by atoms with Gasteiger partial charge in [-0.05, 0) is 60.7 Å². The van der Waals surface area contributed by atoms with Gasteiger partial charge >= 0.3 is 0 Å². The monoisotopic (exact) mass is 391 g/mol. The summed E-state index contributed by atoms with van der Waals surface area (Å²) in [6, 6.07) is 16.2. The summed E-state index contributed by atoms with van der Waals surface area (Å²) >= 11 is 5.91. The molecular weight excluding hydrogens is 372 g/mol. The Morgan fingerprint density at radius 3 is 2.43 bits per heavy atom. The van der Waals surface area contributed by atoms with E-state index in [1.54, 1.807) is 0 Å². The molecule has 1 aliphatic carbocycles. The minimum atomic E-state index is 0.444. The molecule has 28 heavy (non-hydrogen) atoms. The summed E-state index contributed by atoms with van der Waals surface area (Å²) in [4.78, 5) is 8.49. The summed E-state index contributed by atoms with van der Waals surface area (Å²) in [5.74, 6) is 2.18. The van der Waals surface area contributed by atoms with Gasteiger partial charge in [0.2, 0.25) is 6.34 Å². The molecule has 0 saturated heterocycles. The molecule has 1 unspecified atom stereocenters. The lowest BCUT2D eigenvalue weighted by atomic mass is 9.76. The molecule has 0 amide bonds. The molecule has 0 radical (unpaired) electrons. The second-order valence-electron chi connectivity index (χ2n) is 7.29. The summed E-state index contributed by atoms with van der Waals surface area (Å²) in [6.45, 7) is 0. The van der Waals surface area contributed by atoms with Crippen LogP contribution in [-0.2, 0) is 0 Å². The van der Waals surface area contributed by atoms with Crippen LogP contribution < -0.4 is 10.2 Å². The third kappa shape index (κ3) is 3.29. The highest BCUT2D eigenvalue weighted by molar-refractivity contribution is 6.30. The maximum absolute atomic E-state index is 5.91. The number of allylic oxidation sites excluding steroid dienone is 1. The van der Waals surface area contributed by atoms with Gasteiger partial charge in [0.1, 0.15) is 17.7 Å². The van der Waals surface area contributed by atoms with Gasteiger partial charge in [-0.2, -0.15) is 0 Å². The highest BCUT2D eigenvalue weighted by atomic mass is 35.5. The number of ether oxygens (including phenoxy) is 1. The fourth-order valence-corrected chi connectivity index (χ4v) is 3.91. The molecule has 5 nitrogen and oxygen atoms in total. The van der Waals surface area contributed by atoms with Crippen LogP contribution in [0.2, 0.25) is 5.02 Å². The predicted octanol–water partition coefficient (Wildman–Crippen LogP) is 5.14. The summed E-state index contributed by atoms with van der Waals surface area (Å²) < 4.78 is 6.34. The standard InChI is InChI=1S/C22H20ClN4O/c23-18-3-7-22(8-4-18)28-21-5-1-16(2-6-21)17-11-19(12-17)26-27-10-9-24-13-20(27)14-25-15-27/h1-10,13-15,17,19,26H,11-12H2/q+1. The van der Waals surface area contributed by atoms with Crippen molar-refractivity contribution in [1.29, 1.82) is 0 Å². The summed E-state index contributed by atoms with van der Waals surface area (Å²) in [6.07, 6.45) is 11.7. The first kappa shape index (κ1) is 17.4. The zero-order valence-electron chi connectivity index (χ0n) is 15.2. The zero-order chi connectivity index (χ0) is 19.0. The van der Waals surface area contributed by atoms with E-state index in [0.29, 0.717) is 21.6 Å². The lowest BCUT2D eigenvalue weighted by molar-refractivity contribution is -0.788. The number of aliphatic imine (C=N–C) groups is 2. The fourth-order valence-electron chi connectivity index (χ4n) is 3.79. The Morgan fingerprint density at radius 1 is 0.964 bits per heavy atom. The first-order chi connectivity index (χ1) is 13.7. The molecule has 5 rings (SSSR count). The van der Waals surface area contributed by atoms with E-state index < -0.39 is 0 Å². The number of nitrogens with one attached hydrogen (secondary N) is 1. The Hall–Kier alpha value is -2.73. The van der Waals surface area contributed by atoms with E-state index >= 15 is 0 Å². The fraction of sp³-hybridized carbons (Fsp3) is 0.182. The number of fused-ring (bicyclic) bond motifs is 1. The summed E-state index contributed by atoms with van der Waals surface area (Å²) in [5, 5.41) is 0.705. The van der Waals surface area contributed by atoms with E-state index in [4.69, 9.17) is 16.3 Å². The Balaban J connectivity index is 1.18. The van der Waals surface area contributed by atoms with Crippen LogP contribution in [0.5, 0.6) is 11.5 Å². The van der Waals surface area contributed by atoms with Crippen molar-refractivity contribution in [3.05, 3.63) is 83.4 Å². The van der Waals surface area contributed by atoms with Gasteiger partial charge in [0, 0.05) is 5.02 Å². The van der Waals surface area contributed by atoms with E-state index in [9.17, 15) is 0 Å². The van der Waals surface area contributed by atoms with Crippen molar-refractivity contribution in [3.8, 4) is 11.5 Å². The average molecular weight is 392 g/mol. The topological polar surface area (TPSA) is 46.0 Å². The molecule has 6 heteroatoms. The third-order valence-corrected chi connectivity index (χ3v) is 5.66. The minimum Gasteiger partial charge on any atom is -0.457 e. The molecule has 0 bridgehead atoms. The number of quaternary nitrogens is 1. The zero-order valence-corrected chi connectivity index (χ0v) is 16.0. The number of nitrogens with zero attached hydrogens (tertiary/aromatic N) is 3. The van der Waals surface area contributed by atoms with Crippen molar-refractivity contribution in [2.75, 3.05) is 0 Å². The molecule has 1 saturated carbocycles. The quantitative estimate of drug-likeness (QED) is 0.717. The maximum atomic E-state index is 5.91. The molecule has 3 aliphatic rings. The van der Waals surface area contributed by atoms with Gasteiger partial charge < -0.3 is 4.74 Å². The molecule has 2 aromatic rings. The Kier molecular flexibility index (Phi) is 4.36. The molecule has 2 aromatic carbocycles. The molecule has 2 heterocycles. The van der Waals surface area contributed by atoms with Crippen molar-refractivity contribution in [2.45, 2.75) is 24.8 Å². The molecule has 140 valence electrons. The van der Waals surface area contributed by atoms with Crippen LogP contribution in [0.25, 0.3) is 0 Å². The number of hydrogen-bond donors (Lipinski definition) is 1. The van der Waals surface area contributed by atoms with Gasteiger partial charge in [-0.25, -0.2) is 4.99 Å². The van der Waals surface area contributed by atoms with E-state index in [-0.39, 0.29) is 0 Å². The number of rotatable bonds is 5. The van der Waals surface area contributed by atoms with Gasteiger partial charge in [0.15, 0.2) is 5.70 Å². The Labute approximate surface area is 168 Å². The lowest BCUT2D eigenvalue weighted by Crippen LogP contribution is -2.58. The average Bonchev–Trinajstić information content (AvgIpc) is 3.11. The molecule has 0 spiro atoms. The summed E-state index contributed by atoms with van der Waals surface area (Å²) in [5.41, 5.74) is 6.09. The van der Waals surface area contributed by atoms with E-state index in [2.05, 4.69) is 27.5 Å². The lowest BCUT2D eigenvalue weighted by Gasteiger charge is -2.40. The van der Waals surface area contributed by atoms with Crippen molar-refractivity contribution in [1.82, 2.24) is 5.43 Å². The van der Waals surface area contributed by atoms with E-state index in [1.165, 1.54) is 5.56 Å². The second kappa shape index (κ2) is 7.02. The first-order valence-electron chi connectivity index (χ1n) is 9.36. The van der Waals surface area contributed by atoms with Crippen molar-refractivity contribution in [2.24, 2.45) is 9.98 Å². The number of benzene rings is 2. The normalized spacial score (nSPS) is 27.2. The van der Waals surface area contributed by atoms with Gasteiger partial charge in [-0.15, -0.1) is 10.0 Å². The van der Waals surface area contributed by atoms with Crippen LogP contribution in [0.15, 0.2) is 82.8 Å². The van der Waals surface area contributed by atoms with Crippen LogP contribution in [-0.4, -0.2) is 23.2 Å². The SMILES string of the molecule is Clc1ccc(Oc2ccc(C3CC(N[N+]45C=CN=CC4=CN=C5)C3)cc2)cc1. The van der Waals surface area contributed by atoms with Crippen LogP contribution in [0.4, 0.5) is 0 Å². The minimum absolute atomic E-state index is 0.444. The van der Waals surface area contributed by atoms with Crippen molar-refractivity contribution in [3.63, 3.8) is 0 Å². The number of halogens is 1. The molecule has 1 fully saturated rings. The summed E-state index contributed by atoms with van der Waals surface area (Å²) in [7, 11) is 0. The van der Waals surface area contributed by atoms with Crippen LogP contribution in [0.1, 0.15) is 24.3 Å². The predicted molar refractivity (Wildman–Crippen MR) is 111 cm³/mol. The van der Waals surface area contributed by atoms with Crippen LogP contribution in [0, 0.1) is 0 Å². The molecular formula is C22H20ClN4O+. The van der Waals surface area contributed by atoms with Crippen LogP contribution in [0.3, 0.4) is 0 Å². The number of hydrogen-bond acceptors (Lipinski definition) is 4. The smallest absolute Gasteiger partial charge is 0.219 e. The highest BCUT2D eigenvalue weighted by Gasteiger charge is 2.41. The van der Waals surface area contributed by atoms with Gasteiger partial charge in [0.25, 0.3) is 0 Å². The van der Waals surface area contributed by atoms with Crippen molar-refractivity contribution >= 4 is 24.2 Å². The molecule has 1 N–H and O–H groups in total. The Morgan fingerprint density at radius 2 is 1.68 bits per heavy atom. The molecule has 2 aliphatic heterocycles. The third-order valence-electron chi connectivity index (χ3n) is 5.41. The largest absolute Gasteiger partial charge is 0.457 e. The first-order valence-corrected chi connectivity index (χ1v) is 9.74. The van der Waals surface area contributed by atoms with Gasteiger partial charge in [0.05, 0.1) is 24.7 Å².